The van der Waals surface area contributed by atoms with E-state index in [4.69, 9.17) is 5.26 Å². The molecule has 0 spiro atoms. The normalized spacial score (nSPS) is 10.3. The fraction of sp³-hybridized carbons (Fsp3) is 0.100. The molecule has 0 atom stereocenters. The lowest BCUT2D eigenvalue weighted by Crippen LogP contribution is -2.12. The van der Waals surface area contributed by atoms with E-state index in [0.717, 1.165) is 16.8 Å². The molecule has 0 bridgehead atoms. The number of hydrogen-bond donors (Lipinski definition) is 1. The predicted octanol–water partition coefficient (Wildman–Crippen LogP) is 3.79. The van der Waals surface area contributed by atoms with Crippen LogP contribution in [-0.2, 0) is 0 Å². The van der Waals surface area contributed by atoms with E-state index < -0.39 is 5.56 Å². The van der Waals surface area contributed by atoms with Gasteiger partial charge < -0.3 is 9.88 Å². The molecule has 124 valence electrons. The summed E-state index contributed by atoms with van der Waals surface area (Å²) in [5.41, 5.74) is 3.41. The third-order valence-corrected chi connectivity index (χ3v) is 3.99. The van der Waals surface area contributed by atoms with Crippen LogP contribution in [0.15, 0.2) is 59.4 Å². The van der Waals surface area contributed by atoms with Crippen molar-refractivity contribution in [3.05, 3.63) is 76.3 Å². The van der Waals surface area contributed by atoms with Crippen molar-refractivity contribution in [2.75, 3.05) is 19.0 Å². The number of benzene rings is 2. The molecule has 1 N–H and O–H groups in total. The van der Waals surface area contributed by atoms with Crippen molar-refractivity contribution in [3.8, 4) is 28.5 Å². The number of nitriles is 1. The molecule has 0 saturated carbocycles. The van der Waals surface area contributed by atoms with Crippen LogP contribution in [0, 0.1) is 17.1 Å². The first-order chi connectivity index (χ1) is 12.0. The Balaban J connectivity index is 2.21. The first-order valence-corrected chi connectivity index (χ1v) is 7.70. The van der Waals surface area contributed by atoms with E-state index in [1.807, 2.05) is 49.3 Å². The van der Waals surface area contributed by atoms with Gasteiger partial charge in [-0.2, -0.15) is 5.26 Å². The molecule has 25 heavy (non-hydrogen) atoms. The van der Waals surface area contributed by atoms with E-state index in [9.17, 15) is 9.18 Å². The summed E-state index contributed by atoms with van der Waals surface area (Å²) in [5.74, 6) is -0.342. The number of halogens is 1. The van der Waals surface area contributed by atoms with Gasteiger partial charge in [-0.1, -0.05) is 24.3 Å². The first-order valence-electron chi connectivity index (χ1n) is 7.70. The van der Waals surface area contributed by atoms with Crippen LogP contribution in [0.2, 0.25) is 0 Å². The Morgan fingerprint density at radius 2 is 1.60 bits per heavy atom. The lowest BCUT2D eigenvalue weighted by atomic mass is 9.97. The predicted molar refractivity (Wildman–Crippen MR) is 96.9 cm³/mol. The SMILES string of the molecule is CN(C)c1ccc(-c2[nH]c(=O)c(C#N)cc2-c2ccc(F)cc2)cc1. The van der Waals surface area contributed by atoms with Crippen LogP contribution in [0.3, 0.4) is 0 Å². The molecule has 0 unspecified atom stereocenters. The molecule has 0 aliphatic heterocycles. The number of aromatic amines is 1. The van der Waals surface area contributed by atoms with E-state index in [1.54, 1.807) is 18.2 Å². The van der Waals surface area contributed by atoms with E-state index in [-0.39, 0.29) is 11.4 Å². The molecule has 0 radical (unpaired) electrons. The summed E-state index contributed by atoms with van der Waals surface area (Å²) in [6, 6.07) is 17.1. The van der Waals surface area contributed by atoms with Crippen LogP contribution < -0.4 is 10.5 Å². The zero-order valence-corrected chi connectivity index (χ0v) is 13.9. The average Bonchev–Trinajstić information content (AvgIpc) is 2.62. The highest BCUT2D eigenvalue weighted by Gasteiger charge is 2.13. The van der Waals surface area contributed by atoms with Crippen LogP contribution in [0.4, 0.5) is 10.1 Å². The summed E-state index contributed by atoms with van der Waals surface area (Å²) in [4.78, 5) is 16.9. The van der Waals surface area contributed by atoms with Gasteiger partial charge in [0.25, 0.3) is 5.56 Å². The molecule has 5 heteroatoms. The molecule has 3 rings (SSSR count). The number of rotatable bonds is 3. The number of nitrogens with one attached hydrogen (secondary N) is 1. The fourth-order valence-corrected chi connectivity index (χ4v) is 2.62. The van der Waals surface area contributed by atoms with Crippen molar-refractivity contribution in [2.45, 2.75) is 0 Å². The summed E-state index contributed by atoms with van der Waals surface area (Å²) in [7, 11) is 3.89. The minimum absolute atomic E-state index is 0.0213. The maximum atomic E-state index is 13.2. The van der Waals surface area contributed by atoms with Crippen molar-refractivity contribution in [1.82, 2.24) is 4.98 Å². The lowest BCUT2D eigenvalue weighted by Gasteiger charge is -2.14. The highest BCUT2D eigenvalue weighted by molar-refractivity contribution is 5.82. The van der Waals surface area contributed by atoms with E-state index in [2.05, 4.69) is 4.98 Å². The van der Waals surface area contributed by atoms with Gasteiger partial charge >= 0.3 is 0 Å². The molecule has 4 nitrogen and oxygen atoms in total. The molecule has 1 heterocycles. The van der Waals surface area contributed by atoms with E-state index in [0.29, 0.717) is 11.3 Å². The third kappa shape index (κ3) is 3.29. The van der Waals surface area contributed by atoms with Gasteiger partial charge in [0.2, 0.25) is 0 Å². The molecule has 2 aromatic carbocycles. The molecule has 1 aromatic heterocycles. The summed E-state index contributed by atoms with van der Waals surface area (Å²) in [6.07, 6.45) is 0. The van der Waals surface area contributed by atoms with Crippen molar-refractivity contribution in [2.24, 2.45) is 0 Å². The van der Waals surface area contributed by atoms with Gasteiger partial charge in [0, 0.05) is 25.3 Å². The van der Waals surface area contributed by atoms with Crippen molar-refractivity contribution in [3.63, 3.8) is 0 Å². The highest BCUT2D eigenvalue weighted by Crippen LogP contribution is 2.31. The highest BCUT2D eigenvalue weighted by atomic mass is 19.1. The Hall–Kier alpha value is -3.39. The molecule has 0 fully saturated rings. The summed E-state index contributed by atoms with van der Waals surface area (Å²) >= 11 is 0. The minimum atomic E-state index is -0.444. The molecule has 3 aromatic rings. The van der Waals surface area contributed by atoms with Crippen LogP contribution in [0.1, 0.15) is 5.56 Å². The van der Waals surface area contributed by atoms with Crippen molar-refractivity contribution in [1.29, 1.82) is 5.26 Å². The topological polar surface area (TPSA) is 59.9 Å². The monoisotopic (exact) mass is 333 g/mol. The maximum absolute atomic E-state index is 13.2. The second kappa shape index (κ2) is 6.62. The number of nitrogens with zero attached hydrogens (tertiary/aromatic N) is 2. The average molecular weight is 333 g/mol. The zero-order chi connectivity index (χ0) is 18.0. The number of anilines is 1. The molecule has 0 saturated heterocycles. The number of pyridine rings is 1. The van der Waals surface area contributed by atoms with Gasteiger partial charge in [-0.3, -0.25) is 4.79 Å². The minimum Gasteiger partial charge on any atom is -0.378 e. The van der Waals surface area contributed by atoms with Crippen LogP contribution in [0.5, 0.6) is 0 Å². The quantitative estimate of drug-likeness (QED) is 0.793. The molecule has 0 amide bonds. The van der Waals surface area contributed by atoms with Gasteiger partial charge in [0.15, 0.2) is 0 Å². The van der Waals surface area contributed by atoms with Gasteiger partial charge in [0.1, 0.15) is 17.4 Å². The van der Waals surface area contributed by atoms with Crippen LogP contribution in [0.25, 0.3) is 22.4 Å². The summed E-state index contributed by atoms with van der Waals surface area (Å²) in [6.45, 7) is 0. The second-order valence-corrected chi connectivity index (χ2v) is 5.86. The zero-order valence-electron chi connectivity index (χ0n) is 13.9. The standard InChI is InChI=1S/C20H16FN3O/c1-24(2)17-9-5-14(6-10-17)19-18(11-15(12-22)20(25)23-19)13-3-7-16(21)8-4-13/h3-11H,1-2H3,(H,23,25). The van der Waals surface area contributed by atoms with E-state index >= 15 is 0 Å². The summed E-state index contributed by atoms with van der Waals surface area (Å²) in [5, 5.41) is 9.16. The smallest absolute Gasteiger partial charge is 0.266 e. The van der Waals surface area contributed by atoms with Gasteiger partial charge in [-0.05, 0) is 41.5 Å². The molecular formula is C20H16FN3O. The summed E-state index contributed by atoms with van der Waals surface area (Å²) < 4.78 is 13.2. The maximum Gasteiger partial charge on any atom is 0.266 e. The van der Waals surface area contributed by atoms with Crippen molar-refractivity contribution >= 4 is 5.69 Å². The largest absolute Gasteiger partial charge is 0.378 e. The Kier molecular flexibility index (Phi) is 4.36. The van der Waals surface area contributed by atoms with Gasteiger partial charge in [0.05, 0.1) is 5.69 Å². The number of hydrogen-bond acceptors (Lipinski definition) is 3. The lowest BCUT2D eigenvalue weighted by molar-refractivity contribution is 0.628. The van der Waals surface area contributed by atoms with Crippen LogP contribution in [-0.4, -0.2) is 19.1 Å². The molecule has 0 aliphatic rings. The first kappa shape index (κ1) is 16.5. The number of aromatic nitrogens is 1. The fourth-order valence-electron chi connectivity index (χ4n) is 2.62. The Labute approximate surface area is 144 Å². The van der Waals surface area contributed by atoms with Crippen LogP contribution >= 0.6 is 0 Å². The third-order valence-electron chi connectivity index (χ3n) is 3.99. The van der Waals surface area contributed by atoms with Gasteiger partial charge in [-0.15, -0.1) is 0 Å². The molecular weight excluding hydrogens is 317 g/mol. The van der Waals surface area contributed by atoms with Crippen molar-refractivity contribution < 1.29 is 4.39 Å². The second-order valence-electron chi connectivity index (χ2n) is 5.86. The van der Waals surface area contributed by atoms with E-state index in [1.165, 1.54) is 12.1 Å². The Morgan fingerprint density at radius 1 is 1.00 bits per heavy atom. The number of H-pyrrole nitrogens is 1. The Morgan fingerprint density at radius 3 is 2.16 bits per heavy atom. The Bertz CT molecular complexity index is 997. The van der Waals surface area contributed by atoms with Gasteiger partial charge in [-0.25, -0.2) is 4.39 Å². The molecule has 0 aliphatic carbocycles.